The predicted octanol–water partition coefficient (Wildman–Crippen LogP) is 3.06. The van der Waals surface area contributed by atoms with Gasteiger partial charge in [0.05, 0.1) is 18.4 Å². The molecule has 0 aliphatic carbocycles. The van der Waals surface area contributed by atoms with E-state index in [1.807, 2.05) is 19.1 Å². The van der Waals surface area contributed by atoms with Crippen LogP contribution < -0.4 is 10.1 Å². The molecule has 6 heteroatoms. The summed E-state index contributed by atoms with van der Waals surface area (Å²) >= 11 is 0. The van der Waals surface area contributed by atoms with Crippen molar-refractivity contribution < 1.29 is 19.1 Å². The zero-order valence-corrected chi connectivity index (χ0v) is 14.2. The van der Waals surface area contributed by atoms with Gasteiger partial charge in [0.2, 0.25) is 0 Å². The van der Waals surface area contributed by atoms with Crippen molar-refractivity contribution in [2.75, 3.05) is 12.4 Å². The summed E-state index contributed by atoms with van der Waals surface area (Å²) in [4.78, 5) is 24.6. The zero-order chi connectivity index (χ0) is 18.4. The van der Waals surface area contributed by atoms with Gasteiger partial charge >= 0.3 is 5.97 Å². The van der Waals surface area contributed by atoms with Crippen LogP contribution in [0.15, 0.2) is 42.5 Å². The molecule has 0 bridgehead atoms. The fourth-order valence-electron chi connectivity index (χ4n) is 2.18. The number of methoxy groups -OCH3 is 1. The Balaban J connectivity index is 2.10. The number of hydrogen-bond donors (Lipinski definition) is 1. The molecule has 0 spiro atoms. The van der Waals surface area contributed by atoms with E-state index in [2.05, 4.69) is 5.32 Å². The largest absolute Gasteiger partial charge is 0.496 e. The number of benzene rings is 2. The Labute approximate surface area is 146 Å². The van der Waals surface area contributed by atoms with Gasteiger partial charge in [-0.15, -0.1) is 0 Å². The van der Waals surface area contributed by atoms with Crippen LogP contribution in [0.1, 0.15) is 28.4 Å². The van der Waals surface area contributed by atoms with E-state index in [4.69, 9.17) is 14.7 Å². The number of hydrogen-bond acceptors (Lipinski definition) is 5. The van der Waals surface area contributed by atoms with Gasteiger partial charge in [-0.2, -0.15) is 5.26 Å². The Morgan fingerprint density at radius 2 is 1.92 bits per heavy atom. The van der Waals surface area contributed by atoms with Crippen LogP contribution in [0.2, 0.25) is 0 Å². The third kappa shape index (κ3) is 4.36. The molecule has 1 atom stereocenters. The third-order valence-corrected chi connectivity index (χ3v) is 3.53. The second-order valence-corrected chi connectivity index (χ2v) is 5.40. The fourth-order valence-corrected chi connectivity index (χ4v) is 2.18. The first kappa shape index (κ1) is 18.0. The summed E-state index contributed by atoms with van der Waals surface area (Å²) in [7, 11) is 1.45. The first-order valence-corrected chi connectivity index (χ1v) is 7.62. The average molecular weight is 338 g/mol. The Bertz CT molecular complexity index is 840. The number of ether oxygens (including phenoxy) is 2. The highest BCUT2D eigenvalue weighted by atomic mass is 16.5. The molecule has 2 rings (SSSR count). The summed E-state index contributed by atoms with van der Waals surface area (Å²) in [6, 6.07) is 13.7. The van der Waals surface area contributed by atoms with Crippen molar-refractivity contribution >= 4 is 17.6 Å². The number of rotatable bonds is 5. The molecule has 1 amide bonds. The number of para-hydroxylation sites is 1. The summed E-state index contributed by atoms with van der Waals surface area (Å²) in [5.74, 6) is -0.808. The second-order valence-electron chi connectivity index (χ2n) is 5.40. The molecule has 2 aromatic rings. The van der Waals surface area contributed by atoms with Crippen molar-refractivity contribution in [3.8, 4) is 11.8 Å². The van der Waals surface area contributed by atoms with E-state index in [-0.39, 0.29) is 5.56 Å². The predicted molar refractivity (Wildman–Crippen MR) is 92.4 cm³/mol. The van der Waals surface area contributed by atoms with Crippen LogP contribution in [0.3, 0.4) is 0 Å². The van der Waals surface area contributed by atoms with Crippen molar-refractivity contribution in [2.45, 2.75) is 20.0 Å². The number of anilines is 1. The van der Waals surface area contributed by atoms with Gasteiger partial charge in [0, 0.05) is 0 Å². The maximum absolute atomic E-state index is 12.3. The molecule has 0 aliphatic heterocycles. The number of nitrogens with one attached hydrogen (secondary N) is 1. The van der Waals surface area contributed by atoms with Gasteiger partial charge in [0.15, 0.2) is 6.10 Å². The maximum atomic E-state index is 12.3. The molecule has 0 heterocycles. The fraction of sp³-hybridized carbons (Fsp3) is 0.211. The topological polar surface area (TPSA) is 88.4 Å². The monoisotopic (exact) mass is 338 g/mol. The van der Waals surface area contributed by atoms with Crippen LogP contribution in [0, 0.1) is 18.3 Å². The lowest BCUT2D eigenvalue weighted by Gasteiger charge is -2.15. The lowest BCUT2D eigenvalue weighted by atomic mass is 10.1. The van der Waals surface area contributed by atoms with Gasteiger partial charge in [-0.05, 0) is 38.1 Å². The van der Waals surface area contributed by atoms with Crippen LogP contribution in [0.5, 0.6) is 5.75 Å². The lowest BCUT2D eigenvalue weighted by Crippen LogP contribution is -2.30. The minimum Gasteiger partial charge on any atom is -0.496 e. The molecule has 0 saturated heterocycles. The van der Waals surface area contributed by atoms with Crippen molar-refractivity contribution in [2.24, 2.45) is 0 Å². The number of esters is 1. The zero-order valence-electron chi connectivity index (χ0n) is 14.2. The summed E-state index contributed by atoms with van der Waals surface area (Å²) in [5.41, 5.74) is 1.81. The molecule has 25 heavy (non-hydrogen) atoms. The molecule has 0 fully saturated rings. The highest BCUT2D eigenvalue weighted by Crippen LogP contribution is 2.21. The molecule has 1 N–H and O–H groups in total. The van der Waals surface area contributed by atoms with Crippen LogP contribution >= 0.6 is 0 Å². The van der Waals surface area contributed by atoms with Gasteiger partial charge in [-0.1, -0.05) is 23.8 Å². The SMILES string of the molecule is COc1ccc(C)cc1C(=O)O[C@@H](C)C(=O)Nc1ccccc1C#N. The first-order chi connectivity index (χ1) is 12.0. The number of carbonyl (C=O) groups excluding carboxylic acids is 2. The molecule has 0 aromatic heterocycles. The van der Waals surface area contributed by atoms with Crippen molar-refractivity contribution in [3.63, 3.8) is 0 Å². The number of aryl methyl sites for hydroxylation is 1. The van der Waals surface area contributed by atoms with E-state index < -0.39 is 18.0 Å². The second kappa shape index (κ2) is 7.97. The van der Waals surface area contributed by atoms with Crippen LogP contribution in [-0.2, 0) is 9.53 Å². The summed E-state index contributed by atoms with van der Waals surface area (Å²) in [6.45, 7) is 3.30. The average Bonchev–Trinajstić information content (AvgIpc) is 2.61. The summed E-state index contributed by atoms with van der Waals surface area (Å²) in [5, 5.41) is 11.6. The molecular weight excluding hydrogens is 320 g/mol. The smallest absolute Gasteiger partial charge is 0.342 e. The standard InChI is InChI=1S/C19H18N2O4/c1-12-8-9-17(24-3)15(10-12)19(23)25-13(2)18(22)21-16-7-5-4-6-14(16)11-20/h4-10,13H,1-3H3,(H,21,22)/t13-/m0/s1. The molecule has 0 aliphatic rings. The number of nitrogens with zero attached hydrogens (tertiary/aromatic N) is 1. The number of nitriles is 1. The third-order valence-electron chi connectivity index (χ3n) is 3.53. The summed E-state index contributed by atoms with van der Waals surface area (Å²) in [6.07, 6.45) is -1.04. The molecule has 6 nitrogen and oxygen atoms in total. The summed E-state index contributed by atoms with van der Waals surface area (Å²) < 4.78 is 10.4. The molecule has 0 unspecified atom stereocenters. The van der Waals surface area contributed by atoms with Crippen molar-refractivity contribution in [3.05, 3.63) is 59.2 Å². The van der Waals surface area contributed by atoms with E-state index in [1.165, 1.54) is 14.0 Å². The minimum absolute atomic E-state index is 0.250. The normalized spacial score (nSPS) is 11.1. The van der Waals surface area contributed by atoms with E-state index in [9.17, 15) is 9.59 Å². The van der Waals surface area contributed by atoms with Gasteiger partial charge in [-0.3, -0.25) is 4.79 Å². The number of carbonyl (C=O) groups is 2. The Morgan fingerprint density at radius 3 is 2.60 bits per heavy atom. The molecular formula is C19H18N2O4. The lowest BCUT2D eigenvalue weighted by molar-refractivity contribution is -0.123. The molecule has 128 valence electrons. The van der Waals surface area contributed by atoms with E-state index in [0.29, 0.717) is 17.0 Å². The number of amides is 1. The van der Waals surface area contributed by atoms with Crippen molar-refractivity contribution in [1.82, 2.24) is 0 Å². The van der Waals surface area contributed by atoms with Crippen LogP contribution in [-0.4, -0.2) is 25.1 Å². The Morgan fingerprint density at radius 1 is 1.20 bits per heavy atom. The maximum Gasteiger partial charge on any atom is 0.342 e. The highest BCUT2D eigenvalue weighted by Gasteiger charge is 2.22. The molecule has 0 radical (unpaired) electrons. The Hall–Kier alpha value is -3.33. The van der Waals surface area contributed by atoms with Crippen molar-refractivity contribution in [1.29, 1.82) is 5.26 Å². The molecule has 0 saturated carbocycles. The van der Waals surface area contributed by atoms with Gasteiger partial charge in [0.25, 0.3) is 5.91 Å². The van der Waals surface area contributed by atoms with E-state index in [1.54, 1.807) is 36.4 Å². The van der Waals surface area contributed by atoms with Gasteiger partial charge < -0.3 is 14.8 Å². The minimum atomic E-state index is -1.04. The van der Waals surface area contributed by atoms with E-state index in [0.717, 1.165) is 5.56 Å². The van der Waals surface area contributed by atoms with E-state index >= 15 is 0 Å². The van der Waals surface area contributed by atoms with Gasteiger partial charge in [-0.25, -0.2) is 4.79 Å². The van der Waals surface area contributed by atoms with Crippen LogP contribution in [0.25, 0.3) is 0 Å². The first-order valence-electron chi connectivity index (χ1n) is 7.62. The van der Waals surface area contributed by atoms with Crippen LogP contribution in [0.4, 0.5) is 5.69 Å². The van der Waals surface area contributed by atoms with Gasteiger partial charge in [0.1, 0.15) is 17.4 Å². The highest BCUT2D eigenvalue weighted by molar-refractivity contribution is 5.99. The quantitative estimate of drug-likeness (QED) is 0.847. The Kier molecular flexibility index (Phi) is 5.75. The molecule has 2 aromatic carbocycles.